The highest BCUT2D eigenvalue weighted by Gasteiger charge is 2.11. The summed E-state index contributed by atoms with van der Waals surface area (Å²) in [5.74, 6) is 0.737. The number of nitrogens with zero attached hydrogens (tertiary/aromatic N) is 1. The summed E-state index contributed by atoms with van der Waals surface area (Å²) in [6.07, 6.45) is 36.6. The SMILES string of the molecule is CCCCCCCCCCCCC(CCCCCCCC(=O)OCCC(CCCCCC)CCCCCC)N=C=S. The van der Waals surface area contributed by atoms with Crippen LogP contribution in [0.2, 0.25) is 0 Å². The molecule has 0 heterocycles. The Balaban J connectivity index is 3.82. The molecule has 0 aliphatic rings. The number of ether oxygens (including phenoxy) is 1. The minimum Gasteiger partial charge on any atom is -0.466 e. The molecule has 0 aromatic rings. The van der Waals surface area contributed by atoms with Crippen LogP contribution < -0.4 is 0 Å². The second-order valence-electron chi connectivity index (χ2n) is 12.7. The third kappa shape index (κ3) is 30.5. The maximum Gasteiger partial charge on any atom is 0.305 e. The summed E-state index contributed by atoms with van der Waals surface area (Å²) in [5.41, 5.74) is 0. The Hall–Kier alpha value is -0.730. The zero-order valence-corrected chi connectivity index (χ0v) is 28.9. The molecule has 1 unspecified atom stereocenters. The number of isothiocyanates is 1. The first-order valence-corrected chi connectivity index (χ1v) is 18.8. The van der Waals surface area contributed by atoms with E-state index >= 15 is 0 Å². The van der Waals surface area contributed by atoms with Gasteiger partial charge in [0, 0.05) is 6.42 Å². The van der Waals surface area contributed by atoms with E-state index in [1.165, 1.54) is 148 Å². The molecule has 0 bridgehead atoms. The third-order valence-corrected chi connectivity index (χ3v) is 8.87. The first kappa shape index (κ1) is 40.3. The van der Waals surface area contributed by atoms with Gasteiger partial charge in [0.25, 0.3) is 0 Å². The number of unbranched alkanes of at least 4 members (excludes halogenated alkanes) is 19. The van der Waals surface area contributed by atoms with Gasteiger partial charge in [-0.1, -0.05) is 175 Å². The predicted molar refractivity (Wildman–Crippen MR) is 184 cm³/mol. The van der Waals surface area contributed by atoms with Crippen molar-refractivity contribution in [1.29, 1.82) is 0 Å². The number of thiocarbonyl (C=S) groups is 1. The number of carbonyl (C=O) groups is 1. The number of hydrogen-bond acceptors (Lipinski definition) is 4. The van der Waals surface area contributed by atoms with Gasteiger partial charge in [0.15, 0.2) is 0 Å². The van der Waals surface area contributed by atoms with Gasteiger partial charge in [-0.3, -0.25) is 4.79 Å². The molecule has 242 valence electrons. The van der Waals surface area contributed by atoms with Crippen LogP contribution in [0.25, 0.3) is 0 Å². The highest BCUT2D eigenvalue weighted by atomic mass is 32.1. The lowest BCUT2D eigenvalue weighted by molar-refractivity contribution is -0.144. The van der Waals surface area contributed by atoms with E-state index in [-0.39, 0.29) is 5.97 Å². The average molecular weight is 594 g/mol. The molecule has 0 radical (unpaired) electrons. The van der Waals surface area contributed by atoms with Gasteiger partial charge in [-0.05, 0) is 43.8 Å². The Morgan fingerprint density at radius 3 is 1.41 bits per heavy atom. The Bertz CT molecular complexity index is 577. The molecular weight excluding hydrogens is 522 g/mol. The fraction of sp³-hybridized carbons (Fsp3) is 0.946. The van der Waals surface area contributed by atoms with E-state index in [1.54, 1.807) is 0 Å². The molecule has 4 heteroatoms. The van der Waals surface area contributed by atoms with E-state index in [4.69, 9.17) is 17.0 Å². The van der Waals surface area contributed by atoms with Gasteiger partial charge in [-0.25, -0.2) is 4.99 Å². The smallest absolute Gasteiger partial charge is 0.305 e. The van der Waals surface area contributed by atoms with Crippen molar-refractivity contribution in [3.8, 4) is 0 Å². The number of carbonyl (C=O) groups excluding carboxylic acids is 1. The minimum atomic E-state index is 0.00703. The lowest BCUT2D eigenvalue weighted by atomic mass is 9.92. The highest BCUT2D eigenvalue weighted by molar-refractivity contribution is 7.78. The van der Waals surface area contributed by atoms with Gasteiger partial charge in [0.2, 0.25) is 0 Å². The number of aliphatic imine (C=N–C) groups is 1. The van der Waals surface area contributed by atoms with Crippen LogP contribution in [0, 0.1) is 5.92 Å². The summed E-state index contributed by atoms with van der Waals surface area (Å²) in [4.78, 5) is 16.7. The van der Waals surface area contributed by atoms with Gasteiger partial charge in [0.1, 0.15) is 0 Å². The molecule has 0 aromatic carbocycles. The first-order chi connectivity index (χ1) is 20.2. The molecule has 0 spiro atoms. The van der Waals surface area contributed by atoms with Crippen LogP contribution in [0.1, 0.15) is 207 Å². The fourth-order valence-corrected chi connectivity index (χ4v) is 6.11. The van der Waals surface area contributed by atoms with Gasteiger partial charge in [-0.2, -0.15) is 0 Å². The molecule has 0 aliphatic carbocycles. The average Bonchev–Trinajstić information content (AvgIpc) is 2.97. The largest absolute Gasteiger partial charge is 0.466 e. The van der Waals surface area contributed by atoms with Crippen molar-refractivity contribution in [1.82, 2.24) is 0 Å². The van der Waals surface area contributed by atoms with Crippen LogP contribution in [0.3, 0.4) is 0 Å². The Morgan fingerprint density at radius 2 is 0.951 bits per heavy atom. The van der Waals surface area contributed by atoms with E-state index in [9.17, 15) is 4.79 Å². The topological polar surface area (TPSA) is 38.7 Å². The zero-order valence-electron chi connectivity index (χ0n) is 28.0. The van der Waals surface area contributed by atoms with Crippen molar-refractivity contribution < 1.29 is 9.53 Å². The standard InChI is InChI=1S/C37H71NO2S/c1-4-7-10-13-14-15-16-17-19-24-29-36(38-34-41)30-25-20-18-21-26-31-37(39)40-33-32-35(27-22-11-8-5-2)28-23-12-9-6-3/h35-36H,4-33H2,1-3H3. The van der Waals surface area contributed by atoms with Crippen LogP contribution in [-0.2, 0) is 9.53 Å². The molecule has 0 N–H and O–H groups in total. The van der Waals surface area contributed by atoms with Crippen LogP contribution in [0.5, 0.6) is 0 Å². The Kier molecular flexibility index (Phi) is 33.2. The monoisotopic (exact) mass is 594 g/mol. The number of esters is 1. The first-order valence-electron chi connectivity index (χ1n) is 18.4. The highest BCUT2D eigenvalue weighted by Crippen LogP contribution is 2.22. The summed E-state index contributed by atoms with van der Waals surface area (Å²) in [6.45, 7) is 7.45. The molecule has 0 fully saturated rings. The number of hydrogen-bond donors (Lipinski definition) is 0. The van der Waals surface area contributed by atoms with Crippen molar-refractivity contribution in [2.75, 3.05) is 6.61 Å². The molecule has 0 rings (SSSR count). The van der Waals surface area contributed by atoms with Crippen LogP contribution in [-0.4, -0.2) is 23.8 Å². The lowest BCUT2D eigenvalue weighted by Gasteiger charge is -2.17. The van der Waals surface area contributed by atoms with Gasteiger partial charge in [-0.15, -0.1) is 0 Å². The molecule has 0 saturated heterocycles. The van der Waals surface area contributed by atoms with E-state index in [2.05, 4.69) is 30.9 Å². The van der Waals surface area contributed by atoms with Crippen molar-refractivity contribution >= 4 is 23.3 Å². The summed E-state index contributed by atoms with van der Waals surface area (Å²) in [7, 11) is 0. The summed E-state index contributed by atoms with van der Waals surface area (Å²) in [6, 6.07) is 0.360. The Labute approximate surface area is 262 Å². The van der Waals surface area contributed by atoms with E-state index in [1.807, 2.05) is 0 Å². The molecule has 41 heavy (non-hydrogen) atoms. The summed E-state index contributed by atoms with van der Waals surface area (Å²) in [5, 5.41) is 2.64. The number of rotatable bonds is 33. The second kappa shape index (κ2) is 33.8. The predicted octanol–water partition coefficient (Wildman–Crippen LogP) is 13.0. The molecule has 0 aromatic heterocycles. The zero-order chi connectivity index (χ0) is 30.1. The molecule has 1 atom stereocenters. The lowest BCUT2D eigenvalue weighted by Crippen LogP contribution is -2.10. The van der Waals surface area contributed by atoms with E-state index in [0.717, 1.165) is 38.0 Å². The van der Waals surface area contributed by atoms with Crippen molar-refractivity contribution in [2.24, 2.45) is 10.9 Å². The minimum absolute atomic E-state index is 0.00703. The molecular formula is C37H71NO2S. The van der Waals surface area contributed by atoms with Crippen LogP contribution in [0.4, 0.5) is 0 Å². The van der Waals surface area contributed by atoms with E-state index < -0.39 is 0 Å². The normalized spacial score (nSPS) is 12.0. The molecule has 0 aliphatic heterocycles. The maximum atomic E-state index is 12.3. The summed E-state index contributed by atoms with van der Waals surface area (Å²) < 4.78 is 5.63. The fourth-order valence-electron chi connectivity index (χ4n) is 5.96. The quantitative estimate of drug-likeness (QED) is 0.0329. The van der Waals surface area contributed by atoms with Crippen molar-refractivity contribution in [3.63, 3.8) is 0 Å². The molecule has 0 saturated carbocycles. The van der Waals surface area contributed by atoms with Gasteiger partial charge in [0.05, 0.1) is 17.8 Å². The third-order valence-electron chi connectivity index (χ3n) is 8.77. The molecule has 3 nitrogen and oxygen atoms in total. The summed E-state index contributed by atoms with van der Waals surface area (Å²) >= 11 is 4.91. The Morgan fingerprint density at radius 1 is 0.561 bits per heavy atom. The maximum absolute atomic E-state index is 12.3. The van der Waals surface area contributed by atoms with Crippen LogP contribution >= 0.6 is 12.2 Å². The van der Waals surface area contributed by atoms with Crippen molar-refractivity contribution in [3.05, 3.63) is 0 Å². The van der Waals surface area contributed by atoms with Crippen molar-refractivity contribution in [2.45, 2.75) is 213 Å². The van der Waals surface area contributed by atoms with E-state index in [0.29, 0.717) is 19.1 Å². The van der Waals surface area contributed by atoms with Gasteiger partial charge >= 0.3 is 5.97 Å². The molecule has 0 amide bonds. The van der Waals surface area contributed by atoms with Crippen LogP contribution in [0.15, 0.2) is 4.99 Å². The van der Waals surface area contributed by atoms with Gasteiger partial charge < -0.3 is 4.74 Å². The second-order valence-corrected chi connectivity index (χ2v) is 12.9.